The van der Waals surface area contributed by atoms with Gasteiger partial charge in [-0.25, -0.2) is 0 Å². The molecule has 2 amide bonds. The van der Waals surface area contributed by atoms with Crippen molar-refractivity contribution >= 4 is 23.2 Å². The van der Waals surface area contributed by atoms with Gasteiger partial charge in [0.2, 0.25) is 0 Å². The highest BCUT2D eigenvalue weighted by Gasteiger charge is 2.81. The van der Waals surface area contributed by atoms with E-state index in [1.54, 1.807) is 0 Å². The van der Waals surface area contributed by atoms with Crippen LogP contribution in [0.2, 0.25) is 0 Å². The molecule has 2 aliphatic carbocycles. The number of amides is 2. The Bertz CT molecular complexity index is 1950. The number of para-hydroxylation sites is 2. The number of quaternary nitrogens is 2. The zero-order chi connectivity index (χ0) is 34.5. The minimum Gasteiger partial charge on any atom is -1.00 e. The monoisotopic (exact) mass is 858 g/mol. The topological polar surface area (TPSA) is 111 Å². The van der Waals surface area contributed by atoms with Crippen molar-refractivity contribution < 1.29 is 62.0 Å². The lowest BCUT2D eigenvalue weighted by Crippen LogP contribution is -3.00. The molecule has 9 heterocycles. The molecule has 11 aliphatic rings. The van der Waals surface area contributed by atoms with Gasteiger partial charge in [-0.2, -0.15) is 0 Å². The average molecular weight is 861 g/mol. The lowest BCUT2D eigenvalue weighted by molar-refractivity contribution is -0.936. The largest absolute Gasteiger partial charge is 1.00 e. The minimum atomic E-state index is -0.189. The third kappa shape index (κ3) is 3.65. The molecule has 14 atom stereocenters. The molecule has 2 aromatic carbocycles. The second-order valence-electron chi connectivity index (χ2n) is 18.6. The fourth-order valence-electron chi connectivity index (χ4n) is 16.5. The molecular weight excluding hydrogens is 812 g/mol. The average Bonchev–Trinajstić information content (AvgIpc) is 3.74. The number of anilines is 2. The van der Waals surface area contributed by atoms with E-state index in [4.69, 9.17) is 20.9 Å². The quantitative estimate of drug-likeness (QED) is 0.242. The number of carbonyl (C=O) groups excluding carboxylic acids is 2. The smallest absolute Gasteiger partial charge is 0.272 e. The van der Waals surface area contributed by atoms with Crippen molar-refractivity contribution in [3.05, 3.63) is 83.0 Å². The van der Waals surface area contributed by atoms with E-state index >= 15 is 0 Å². The summed E-state index contributed by atoms with van der Waals surface area (Å²) < 4.78 is 16.4. The summed E-state index contributed by atoms with van der Waals surface area (Å²) >= 11 is 0. The lowest BCUT2D eigenvalue weighted by Gasteiger charge is -2.65. The van der Waals surface area contributed by atoms with Crippen molar-refractivity contribution in [2.75, 3.05) is 62.3 Å². The first-order valence-electron chi connectivity index (χ1n) is 20.0. The first-order valence-corrected chi connectivity index (χ1v) is 20.0. The Kier molecular flexibility index (Phi) is 7.03. The standard InChI is InChI=1S/C42H46N6O4.2BrH/c43-33(49)21-47-13-11-41-27-5-1-3-7-29(27)45-37(41)35-25(17-31(41)47)23(19-47)10-16-52-40(35)46-30-8-4-2-6-28(30)42-12-14-48(22-34(44)50)20-24-9-15-51-39(45)36(38(42)46)26(24)18-32(42)48;;/h1-10,25-26,31-32,35-40H,11-22H2,(H2-2,43,44,49,50);2*1H/t25-,26-,31-,32-,35+,36+,37-,38-,39+,40+,41+,42+,47?,48?;;/m0../s1. The van der Waals surface area contributed by atoms with E-state index in [2.05, 4.69) is 70.5 Å². The fourth-order valence-corrected chi connectivity index (χ4v) is 16.5. The summed E-state index contributed by atoms with van der Waals surface area (Å²) in [5, 5.41) is 0. The number of hydrogen-bond acceptors (Lipinski definition) is 6. The molecule has 5 saturated heterocycles. The number of halogens is 2. The van der Waals surface area contributed by atoms with E-state index < -0.39 is 0 Å². The van der Waals surface area contributed by atoms with E-state index in [0.29, 0.717) is 50.2 Å². The number of benzene rings is 2. The summed E-state index contributed by atoms with van der Waals surface area (Å²) in [4.78, 5) is 31.6. The summed E-state index contributed by atoms with van der Waals surface area (Å²) in [7, 11) is 0. The SMILES string of the molecule is NC(=O)C[N+]12CC[C@@]34c5ccccc5N5[C@@H]6OCC=C7C[N+]8(CC(N)=O)CC[C@]9%10c%11ccccc%11N([C@@H]%11OCC=C(C1)[C@H](C[C@@H]32)[C@@H]%11[C@H]54)[C@H]9[C@H]6[C@H]7C[C@@H]%108.[Br-].[Br-]. The Morgan fingerprint density at radius 1 is 0.685 bits per heavy atom. The van der Waals surface area contributed by atoms with Crippen molar-refractivity contribution in [3.63, 3.8) is 0 Å². The van der Waals surface area contributed by atoms with Crippen molar-refractivity contribution in [1.82, 2.24) is 0 Å². The van der Waals surface area contributed by atoms with Gasteiger partial charge in [0.25, 0.3) is 11.8 Å². The maximum absolute atomic E-state index is 13.0. The summed E-state index contributed by atoms with van der Waals surface area (Å²) in [6.07, 6.45) is 8.75. The highest BCUT2D eigenvalue weighted by atomic mass is 79.9. The summed E-state index contributed by atoms with van der Waals surface area (Å²) in [5.74, 6) is 0.739. The maximum atomic E-state index is 13.0. The molecule has 9 aliphatic heterocycles. The third-order valence-corrected chi connectivity index (χ3v) is 17.4. The summed E-state index contributed by atoms with van der Waals surface area (Å²) in [6.45, 7) is 5.66. The molecule has 2 aromatic rings. The molecule has 0 radical (unpaired) electrons. The fraction of sp³-hybridized carbons (Fsp3) is 0.571. The number of carbonyl (C=O) groups is 2. The summed E-state index contributed by atoms with van der Waals surface area (Å²) in [6, 6.07) is 19.5. The van der Waals surface area contributed by atoms with Crippen molar-refractivity contribution in [2.45, 2.75) is 73.1 Å². The van der Waals surface area contributed by atoms with E-state index in [1.807, 2.05) is 0 Å². The number of fused-ring (bicyclic) bond motifs is 6. The van der Waals surface area contributed by atoms with Crippen LogP contribution in [0.5, 0.6) is 0 Å². The second-order valence-corrected chi connectivity index (χ2v) is 18.6. The van der Waals surface area contributed by atoms with Crippen LogP contribution in [-0.2, 0) is 29.9 Å². The maximum Gasteiger partial charge on any atom is 0.272 e. The van der Waals surface area contributed by atoms with Gasteiger partial charge >= 0.3 is 0 Å². The van der Waals surface area contributed by atoms with Gasteiger partial charge in [0.1, 0.15) is 37.6 Å². The van der Waals surface area contributed by atoms with Crippen LogP contribution in [0.1, 0.15) is 36.8 Å². The number of nitrogens with two attached hydrogens (primary N) is 2. The predicted molar refractivity (Wildman–Crippen MR) is 193 cm³/mol. The number of ether oxygens (including phenoxy) is 2. The Morgan fingerprint density at radius 3 is 1.54 bits per heavy atom. The molecule has 54 heavy (non-hydrogen) atoms. The molecule has 13 rings (SSSR count). The Morgan fingerprint density at radius 2 is 1.11 bits per heavy atom. The van der Waals surface area contributed by atoms with Gasteiger partial charge in [0.05, 0.1) is 49.2 Å². The van der Waals surface area contributed by atoms with Gasteiger partial charge in [-0.1, -0.05) is 48.6 Å². The number of nitrogens with zero attached hydrogens (tertiary/aromatic N) is 4. The highest BCUT2D eigenvalue weighted by molar-refractivity contribution is 5.76. The van der Waals surface area contributed by atoms with Gasteiger partial charge in [0.15, 0.2) is 13.1 Å². The number of rotatable bonds is 4. The molecule has 0 aromatic heterocycles. The number of primary amides is 2. The van der Waals surface area contributed by atoms with Gasteiger partial charge in [0, 0.05) is 60.7 Å². The molecule has 2 spiro atoms. The minimum absolute atomic E-state index is 0. The van der Waals surface area contributed by atoms with E-state index in [-0.39, 0.29) is 93.0 Å². The number of hydrogen-bond donors (Lipinski definition) is 2. The van der Waals surface area contributed by atoms with Crippen LogP contribution >= 0.6 is 0 Å². The lowest BCUT2D eigenvalue weighted by atomic mass is 9.52. The van der Waals surface area contributed by atoms with Crippen LogP contribution in [0.3, 0.4) is 0 Å². The van der Waals surface area contributed by atoms with Crippen molar-refractivity contribution in [2.24, 2.45) is 35.1 Å². The molecule has 2 unspecified atom stereocenters. The highest BCUT2D eigenvalue weighted by Crippen LogP contribution is 2.72. The number of piperidine rings is 2. The van der Waals surface area contributed by atoms with Crippen LogP contribution < -0.4 is 55.2 Å². The Labute approximate surface area is 337 Å². The zero-order valence-corrected chi connectivity index (χ0v) is 33.5. The van der Waals surface area contributed by atoms with Gasteiger partial charge in [-0.05, 0) is 34.4 Å². The van der Waals surface area contributed by atoms with E-state index in [9.17, 15) is 9.59 Å². The van der Waals surface area contributed by atoms with Crippen LogP contribution in [0, 0.1) is 23.7 Å². The van der Waals surface area contributed by atoms with Crippen LogP contribution in [0.25, 0.3) is 0 Å². The molecule has 7 fully saturated rings. The van der Waals surface area contributed by atoms with Crippen LogP contribution in [0.15, 0.2) is 71.8 Å². The van der Waals surface area contributed by atoms with Crippen molar-refractivity contribution in [3.8, 4) is 0 Å². The molecule has 4 bridgehead atoms. The normalized spacial score (nSPS) is 46.6. The predicted octanol–water partition coefficient (Wildman–Crippen LogP) is -3.73. The first kappa shape index (κ1) is 34.5. The summed E-state index contributed by atoms with van der Waals surface area (Å²) in [5.41, 5.74) is 20.5. The second kappa shape index (κ2) is 11.0. The first-order chi connectivity index (χ1) is 25.3. The van der Waals surface area contributed by atoms with Crippen molar-refractivity contribution in [1.29, 1.82) is 0 Å². The third-order valence-electron chi connectivity index (χ3n) is 17.4. The Hall–Kier alpha value is -2.74. The van der Waals surface area contributed by atoms with Crippen LogP contribution in [0.4, 0.5) is 11.4 Å². The van der Waals surface area contributed by atoms with Crippen LogP contribution in [-0.4, -0.2) is 110 Å². The molecular formula is C42H48Br2N6O4. The zero-order valence-electron chi connectivity index (χ0n) is 30.4. The van der Waals surface area contributed by atoms with Gasteiger partial charge < -0.3 is 73.7 Å². The van der Waals surface area contributed by atoms with E-state index in [0.717, 1.165) is 60.8 Å². The molecule has 10 nitrogen and oxygen atoms in total. The molecule has 12 heteroatoms. The molecule has 4 N–H and O–H groups in total. The van der Waals surface area contributed by atoms with E-state index in [1.165, 1.54) is 33.6 Å². The van der Waals surface area contributed by atoms with Gasteiger partial charge in [-0.15, -0.1) is 0 Å². The van der Waals surface area contributed by atoms with Gasteiger partial charge in [-0.3, -0.25) is 9.59 Å². The molecule has 284 valence electrons. The Balaban J connectivity index is 0.00000171. The molecule has 2 saturated carbocycles.